The molecule has 0 radical (unpaired) electrons. The Bertz CT molecular complexity index is 643. The van der Waals surface area contributed by atoms with E-state index in [-0.39, 0.29) is 0 Å². The zero-order valence-electron chi connectivity index (χ0n) is 12.0. The standard InChI is InChI=1S/C14H20N2O2S2/c1-12(2)20(17,18)16(11-14-7-5-9-19-14)10-13-6-4-8-15(13)3/h4-9,12H,10-11H2,1-3H3. The van der Waals surface area contributed by atoms with Gasteiger partial charge in [0.05, 0.1) is 11.8 Å². The van der Waals surface area contributed by atoms with Crippen molar-refractivity contribution in [1.29, 1.82) is 0 Å². The number of hydrogen-bond acceptors (Lipinski definition) is 3. The Kier molecular flexibility index (Phi) is 4.67. The van der Waals surface area contributed by atoms with Gasteiger partial charge in [-0.15, -0.1) is 11.3 Å². The molecule has 0 N–H and O–H groups in total. The third-order valence-corrected chi connectivity index (χ3v) is 6.29. The molecular weight excluding hydrogens is 292 g/mol. The van der Waals surface area contributed by atoms with E-state index in [0.29, 0.717) is 13.1 Å². The van der Waals surface area contributed by atoms with Crippen LogP contribution in [0.15, 0.2) is 35.8 Å². The van der Waals surface area contributed by atoms with Crippen molar-refractivity contribution >= 4 is 21.4 Å². The van der Waals surface area contributed by atoms with E-state index < -0.39 is 15.3 Å². The first-order valence-electron chi connectivity index (χ1n) is 6.53. The summed E-state index contributed by atoms with van der Waals surface area (Å²) in [6, 6.07) is 7.80. The van der Waals surface area contributed by atoms with E-state index in [1.807, 2.05) is 47.5 Å². The predicted octanol–water partition coefficient (Wildman–Crippen LogP) is 2.83. The smallest absolute Gasteiger partial charge is 0.217 e. The molecule has 0 unspecified atom stereocenters. The second-order valence-corrected chi connectivity index (χ2v) is 8.57. The van der Waals surface area contributed by atoms with Crippen LogP contribution in [0.3, 0.4) is 0 Å². The fourth-order valence-corrected chi connectivity index (χ4v) is 3.98. The third kappa shape index (κ3) is 3.31. The molecule has 0 saturated heterocycles. The summed E-state index contributed by atoms with van der Waals surface area (Å²) in [5, 5.41) is 1.56. The van der Waals surface area contributed by atoms with Crippen LogP contribution in [0.1, 0.15) is 24.4 Å². The molecule has 2 aromatic rings. The van der Waals surface area contributed by atoms with Crippen LogP contribution in [-0.4, -0.2) is 22.5 Å². The van der Waals surface area contributed by atoms with Crippen LogP contribution in [0.25, 0.3) is 0 Å². The van der Waals surface area contributed by atoms with Crippen LogP contribution in [0, 0.1) is 0 Å². The summed E-state index contributed by atoms with van der Waals surface area (Å²) in [7, 11) is -1.35. The maximum atomic E-state index is 12.5. The summed E-state index contributed by atoms with van der Waals surface area (Å²) in [6.07, 6.45) is 1.93. The van der Waals surface area contributed by atoms with Crippen LogP contribution in [0.5, 0.6) is 0 Å². The number of thiophene rings is 1. The molecule has 0 aliphatic heterocycles. The zero-order valence-corrected chi connectivity index (χ0v) is 13.6. The lowest BCUT2D eigenvalue weighted by Gasteiger charge is -2.24. The maximum Gasteiger partial charge on any atom is 0.217 e. The fourth-order valence-electron chi connectivity index (χ4n) is 1.95. The quantitative estimate of drug-likeness (QED) is 0.823. The van der Waals surface area contributed by atoms with Crippen molar-refractivity contribution in [3.05, 3.63) is 46.4 Å². The number of hydrogen-bond donors (Lipinski definition) is 0. The summed E-state index contributed by atoms with van der Waals surface area (Å²) < 4.78 is 28.6. The molecular formula is C14H20N2O2S2. The van der Waals surface area contributed by atoms with Gasteiger partial charge in [-0.05, 0) is 37.4 Å². The van der Waals surface area contributed by atoms with Gasteiger partial charge in [0, 0.05) is 30.4 Å². The Morgan fingerprint density at radius 1 is 1.25 bits per heavy atom. The van der Waals surface area contributed by atoms with E-state index in [9.17, 15) is 8.42 Å². The first-order valence-corrected chi connectivity index (χ1v) is 8.91. The second kappa shape index (κ2) is 6.11. The SMILES string of the molecule is CC(C)S(=O)(=O)N(Cc1cccs1)Cc1cccn1C. The lowest BCUT2D eigenvalue weighted by molar-refractivity contribution is 0.391. The van der Waals surface area contributed by atoms with E-state index in [0.717, 1.165) is 10.6 Å². The van der Waals surface area contributed by atoms with Gasteiger partial charge in [-0.3, -0.25) is 0 Å². The number of aryl methyl sites for hydroxylation is 1. The third-order valence-electron chi connectivity index (χ3n) is 3.26. The van der Waals surface area contributed by atoms with Gasteiger partial charge in [0.15, 0.2) is 0 Å². The summed E-state index contributed by atoms with van der Waals surface area (Å²) in [5.41, 5.74) is 0.991. The Hall–Kier alpha value is -1.11. The average molecular weight is 312 g/mol. The van der Waals surface area contributed by atoms with Gasteiger partial charge in [-0.2, -0.15) is 4.31 Å². The van der Waals surface area contributed by atoms with Gasteiger partial charge in [0.1, 0.15) is 0 Å². The molecule has 0 aliphatic rings. The summed E-state index contributed by atoms with van der Waals surface area (Å²) in [4.78, 5) is 1.06. The highest BCUT2D eigenvalue weighted by molar-refractivity contribution is 7.89. The number of sulfonamides is 1. The minimum Gasteiger partial charge on any atom is -0.353 e. The minimum absolute atomic E-state index is 0.405. The Morgan fingerprint density at radius 2 is 2.00 bits per heavy atom. The van der Waals surface area contributed by atoms with Gasteiger partial charge in [-0.1, -0.05) is 6.07 Å². The van der Waals surface area contributed by atoms with Gasteiger partial charge in [0.2, 0.25) is 10.0 Å². The van der Waals surface area contributed by atoms with Gasteiger partial charge >= 0.3 is 0 Å². The lowest BCUT2D eigenvalue weighted by atomic mass is 10.4. The van der Waals surface area contributed by atoms with E-state index in [1.54, 1.807) is 29.5 Å². The predicted molar refractivity (Wildman–Crippen MR) is 83.0 cm³/mol. The van der Waals surface area contributed by atoms with E-state index in [2.05, 4.69) is 0 Å². The normalized spacial score (nSPS) is 12.4. The van der Waals surface area contributed by atoms with Crippen molar-refractivity contribution in [3.63, 3.8) is 0 Å². The monoisotopic (exact) mass is 312 g/mol. The molecule has 4 nitrogen and oxygen atoms in total. The zero-order chi connectivity index (χ0) is 14.8. The van der Waals surface area contributed by atoms with E-state index >= 15 is 0 Å². The highest BCUT2D eigenvalue weighted by Gasteiger charge is 2.26. The molecule has 2 heterocycles. The van der Waals surface area contributed by atoms with E-state index in [4.69, 9.17) is 0 Å². The Labute approximate surface area is 124 Å². The molecule has 20 heavy (non-hydrogen) atoms. The average Bonchev–Trinajstić information content (AvgIpc) is 3.01. The Balaban J connectivity index is 2.27. The van der Waals surface area contributed by atoms with Gasteiger partial charge < -0.3 is 4.57 Å². The first-order chi connectivity index (χ1) is 9.41. The molecule has 0 aliphatic carbocycles. The Morgan fingerprint density at radius 3 is 2.50 bits per heavy atom. The molecule has 0 fully saturated rings. The highest BCUT2D eigenvalue weighted by atomic mass is 32.2. The molecule has 110 valence electrons. The topological polar surface area (TPSA) is 42.3 Å². The maximum absolute atomic E-state index is 12.5. The summed E-state index contributed by atoms with van der Waals surface area (Å²) in [6.45, 7) is 4.29. The van der Waals surface area contributed by atoms with Crippen LogP contribution < -0.4 is 0 Å². The van der Waals surface area contributed by atoms with Crippen LogP contribution in [0.4, 0.5) is 0 Å². The van der Waals surface area contributed by atoms with Crippen molar-refractivity contribution in [2.24, 2.45) is 7.05 Å². The van der Waals surface area contributed by atoms with E-state index in [1.165, 1.54) is 0 Å². The molecule has 0 bridgehead atoms. The van der Waals surface area contributed by atoms with Crippen LogP contribution >= 0.6 is 11.3 Å². The first kappa shape index (κ1) is 15.3. The van der Waals surface area contributed by atoms with Crippen molar-refractivity contribution in [2.75, 3.05) is 0 Å². The van der Waals surface area contributed by atoms with Gasteiger partial charge in [-0.25, -0.2) is 8.42 Å². The summed E-state index contributed by atoms with van der Waals surface area (Å²) >= 11 is 1.58. The van der Waals surface area contributed by atoms with Crippen molar-refractivity contribution < 1.29 is 8.42 Å². The molecule has 2 rings (SSSR count). The minimum atomic E-state index is -3.28. The van der Waals surface area contributed by atoms with Gasteiger partial charge in [0.25, 0.3) is 0 Å². The molecule has 0 saturated carbocycles. The molecule has 2 aromatic heterocycles. The number of nitrogens with zero attached hydrogens (tertiary/aromatic N) is 2. The van der Waals surface area contributed by atoms with Crippen LogP contribution in [0.2, 0.25) is 0 Å². The summed E-state index contributed by atoms with van der Waals surface area (Å²) in [5.74, 6) is 0. The number of rotatable bonds is 6. The number of aromatic nitrogens is 1. The largest absolute Gasteiger partial charge is 0.353 e. The van der Waals surface area contributed by atoms with Crippen molar-refractivity contribution in [1.82, 2.24) is 8.87 Å². The fraction of sp³-hybridized carbons (Fsp3) is 0.429. The highest BCUT2D eigenvalue weighted by Crippen LogP contribution is 2.20. The van der Waals surface area contributed by atoms with Crippen molar-refractivity contribution in [3.8, 4) is 0 Å². The molecule has 6 heteroatoms. The second-order valence-electron chi connectivity index (χ2n) is 5.05. The molecule has 0 spiro atoms. The molecule has 0 aromatic carbocycles. The van der Waals surface area contributed by atoms with Crippen molar-refractivity contribution in [2.45, 2.75) is 32.2 Å². The molecule has 0 atom stereocenters. The van der Waals surface area contributed by atoms with Crippen LogP contribution in [-0.2, 0) is 30.2 Å². The lowest BCUT2D eigenvalue weighted by Crippen LogP contribution is -2.35. The molecule has 0 amide bonds.